The molecule has 2 aromatic carbocycles. The molecule has 1 aliphatic rings. The highest BCUT2D eigenvalue weighted by molar-refractivity contribution is 6.05. The molecule has 0 radical (unpaired) electrons. The lowest BCUT2D eigenvalue weighted by Gasteiger charge is -2.18. The Bertz CT molecular complexity index is 1110. The molecule has 154 valence electrons. The minimum absolute atomic E-state index is 0.0790. The number of hydrogen-bond acceptors (Lipinski definition) is 4. The fraction of sp³-hybridized carbons (Fsp3) is 0.182. The van der Waals surface area contributed by atoms with E-state index >= 15 is 0 Å². The summed E-state index contributed by atoms with van der Waals surface area (Å²) in [5.74, 6) is -0.750. The predicted molar refractivity (Wildman–Crippen MR) is 109 cm³/mol. The van der Waals surface area contributed by atoms with Crippen molar-refractivity contribution in [1.29, 1.82) is 0 Å². The van der Waals surface area contributed by atoms with Gasteiger partial charge < -0.3 is 25.5 Å². The summed E-state index contributed by atoms with van der Waals surface area (Å²) in [5.41, 5.74) is 2.34. The molecule has 0 saturated heterocycles. The number of aryl methyl sites for hydroxylation is 1. The van der Waals surface area contributed by atoms with E-state index in [-0.39, 0.29) is 11.4 Å². The molecule has 0 unspecified atom stereocenters. The second kappa shape index (κ2) is 8.00. The molecule has 8 heteroatoms. The molecular weight excluding hydrogens is 389 g/mol. The van der Waals surface area contributed by atoms with Crippen LogP contribution in [0.3, 0.4) is 0 Å². The van der Waals surface area contributed by atoms with Crippen molar-refractivity contribution >= 4 is 23.3 Å². The number of fused-ring (bicyclic) bond motifs is 1. The van der Waals surface area contributed by atoms with Gasteiger partial charge in [0.25, 0.3) is 5.91 Å². The zero-order chi connectivity index (χ0) is 21.3. The van der Waals surface area contributed by atoms with Crippen LogP contribution in [-0.4, -0.2) is 23.1 Å². The summed E-state index contributed by atoms with van der Waals surface area (Å²) in [6, 6.07) is 11.8. The molecule has 0 bridgehead atoms. The number of carbonyl (C=O) groups is 2. The van der Waals surface area contributed by atoms with Crippen molar-refractivity contribution in [3.63, 3.8) is 0 Å². The van der Waals surface area contributed by atoms with Crippen molar-refractivity contribution in [3.8, 4) is 0 Å². The maximum atomic E-state index is 14.2. The first-order valence-electron chi connectivity index (χ1n) is 9.41. The van der Waals surface area contributed by atoms with Crippen LogP contribution in [0.25, 0.3) is 0 Å². The number of halogens is 1. The van der Waals surface area contributed by atoms with Gasteiger partial charge in [0.1, 0.15) is 11.6 Å². The number of nitrogens with one attached hydrogen (secondary N) is 3. The van der Waals surface area contributed by atoms with E-state index in [0.29, 0.717) is 17.7 Å². The van der Waals surface area contributed by atoms with Crippen LogP contribution in [0.4, 0.5) is 20.6 Å². The number of carbonyl (C=O) groups excluding carboxylic acids is 2. The number of rotatable bonds is 4. The first-order valence-corrected chi connectivity index (χ1v) is 9.41. The number of anilines is 2. The lowest BCUT2D eigenvalue weighted by atomic mass is 10.1. The Kier molecular flexibility index (Phi) is 5.24. The number of aliphatic hydroxyl groups is 1. The minimum atomic E-state index is -0.727. The summed E-state index contributed by atoms with van der Waals surface area (Å²) >= 11 is 0. The van der Waals surface area contributed by atoms with Gasteiger partial charge in [-0.25, -0.2) is 9.18 Å². The van der Waals surface area contributed by atoms with Gasteiger partial charge in [-0.15, -0.1) is 0 Å². The number of urea groups is 1. The Morgan fingerprint density at radius 2 is 1.93 bits per heavy atom. The number of aliphatic hydroxyl groups excluding tert-OH is 1. The van der Waals surface area contributed by atoms with Gasteiger partial charge in [0, 0.05) is 12.1 Å². The van der Waals surface area contributed by atoms with Gasteiger partial charge in [0.05, 0.1) is 29.7 Å². The number of furan rings is 1. The summed E-state index contributed by atoms with van der Waals surface area (Å²) in [7, 11) is 0. The third kappa shape index (κ3) is 3.90. The van der Waals surface area contributed by atoms with Crippen LogP contribution >= 0.6 is 0 Å². The second-order valence-electron chi connectivity index (χ2n) is 7.09. The Labute approximate surface area is 171 Å². The summed E-state index contributed by atoms with van der Waals surface area (Å²) in [6.45, 7) is 1.63. The van der Waals surface area contributed by atoms with Gasteiger partial charge in [0.15, 0.2) is 0 Å². The van der Waals surface area contributed by atoms with Crippen molar-refractivity contribution in [2.45, 2.75) is 25.5 Å². The second-order valence-corrected chi connectivity index (χ2v) is 7.09. The SMILES string of the molecule is Cc1occc1C(=O)Nc1cc(NC(=O)N[C@@H]2c3ccccc3C[C@@H]2O)ccc1F. The van der Waals surface area contributed by atoms with E-state index in [0.717, 1.165) is 17.2 Å². The van der Waals surface area contributed by atoms with Crippen molar-refractivity contribution in [3.05, 3.63) is 83.1 Å². The molecule has 3 amide bonds. The number of hydrogen-bond donors (Lipinski definition) is 4. The van der Waals surface area contributed by atoms with Gasteiger partial charge in [0.2, 0.25) is 0 Å². The molecule has 1 aliphatic carbocycles. The number of amides is 3. The molecular formula is C22H20FN3O4. The predicted octanol–water partition coefficient (Wildman–Crippen LogP) is 3.76. The van der Waals surface area contributed by atoms with E-state index in [1.165, 1.54) is 24.5 Å². The Balaban J connectivity index is 1.45. The molecule has 4 N–H and O–H groups in total. The van der Waals surface area contributed by atoms with E-state index in [2.05, 4.69) is 16.0 Å². The molecule has 1 heterocycles. The van der Waals surface area contributed by atoms with Gasteiger partial charge in [-0.2, -0.15) is 0 Å². The van der Waals surface area contributed by atoms with Crippen LogP contribution in [0.15, 0.2) is 59.2 Å². The van der Waals surface area contributed by atoms with Crippen LogP contribution in [-0.2, 0) is 6.42 Å². The number of benzene rings is 2. The Hall–Kier alpha value is -3.65. The first-order chi connectivity index (χ1) is 14.4. The molecule has 3 aromatic rings. The molecule has 30 heavy (non-hydrogen) atoms. The van der Waals surface area contributed by atoms with E-state index in [1.807, 2.05) is 24.3 Å². The average Bonchev–Trinajstić information content (AvgIpc) is 3.28. The molecule has 4 rings (SSSR count). The third-order valence-electron chi connectivity index (χ3n) is 5.07. The quantitative estimate of drug-likeness (QED) is 0.527. The zero-order valence-corrected chi connectivity index (χ0v) is 16.1. The van der Waals surface area contributed by atoms with E-state index in [1.54, 1.807) is 6.92 Å². The highest BCUT2D eigenvalue weighted by Crippen LogP contribution is 2.31. The van der Waals surface area contributed by atoms with Crippen molar-refractivity contribution < 1.29 is 23.5 Å². The first kappa shape index (κ1) is 19.7. The maximum Gasteiger partial charge on any atom is 0.319 e. The van der Waals surface area contributed by atoms with Crippen LogP contribution in [0.1, 0.15) is 33.3 Å². The topological polar surface area (TPSA) is 104 Å². The van der Waals surface area contributed by atoms with Crippen LogP contribution < -0.4 is 16.0 Å². The van der Waals surface area contributed by atoms with E-state index < -0.39 is 29.9 Å². The molecule has 0 aliphatic heterocycles. The van der Waals surface area contributed by atoms with Crippen LogP contribution in [0.2, 0.25) is 0 Å². The Morgan fingerprint density at radius 1 is 1.13 bits per heavy atom. The lowest BCUT2D eigenvalue weighted by molar-refractivity contribution is 0.102. The summed E-state index contributed by atoms with van der Waals surface area (Å²) < 4.78 is 19.2. The van der Waals surface area contributed by atoms with Crippen molar-refractivity contribution in [2.24, 2.45) is 0 Å². The molecule has 2 atom stereocenters. The third-order valence-corrected chi connectivity index (χ3v) is 5.07. The monoisotopic (exact) mass is 409 g/mol. The zero-order valence-electron chi connectivity index (χ0n) is 16.1. The molecule has 0 spiro atoms. The van der Waals surface area contributed by atoms with Gasteiger partial charge in [-0.05, 0) is 42.3 Å². The molecule has 0 saturated carbocycles. The van der Waals surface area contributed by atoms with Crippen LogP contribution in [0, 0.1) is 12.7 Å². The Morgan fingerprint density at radius 3 is 2.70 bits per heavy atom. The average molecular weight is 409 g/mol. The van der Waals surface area contributed by atoms with Gasteiger partial charge >= 0.3 is 6.03 Å². The summed E-state index contributed by atoms with van der Waals surface area (Å²) in [5, 5.41) is 18.1. The molecule has 0 fully saturated rings. The summed E-state index contributed by atoms with van der Waals surface area (Å²) in [6.07, 6.45) is 1.11. The molecule has 1 aromatic heterocycles. The largest absolute Gasteiger partial charge is 0.469 e. The van der Waals surface area contributed by atoms with E-state index in [9.17, 15) is 19.1 Å². The van der Waals surface area contributed by atoms with Gasteiger partial charge in [-0.3, -0.25) is 4.79 Å². The maximum absolute atomic E-state index is 14.2. The van der Waals surface area contributed by atoms with E-state index in [4.69, 9.17) is 4.42 Å². The smallest absolute Gasteiger partial charge is 0.319 e. The summed E-state index contributed by atoms with van der Waals surface area (Å²) in [4.78, 5) is 24.7. The van der Waals surface area contributed by atoms with Crippen molar-refractivity contribution in [1.82, 2.24) is 5.32 Å². The van der Waals surface area contributed by atoms with Gasteiger partial charge in [-0.1, -0.05) is 24.3 Å². The molecule has 7 nitrogen and oxygen atoms in total. The fourth-order valence-electron chi connectivity index (χ4n) is 3.57. The highest BCUT2D eigenvalue weighted by atomic mass is 19.1. The van der Waals surface area contributed by atoms with Crippen molar-refractivity contribution in [2.75, 3.05) is 10.6 Å². The standard InChI is InChI=1S/C22H20FN3O4/c1-12-15(8-9-30-12)21(28)25-18-11-14(6-7-17(18)23)24-22(29)26-20-16-5-3-2-4-13(16)10-19(20)27/h2-9,11,19-20,27H,10H2,1H3,(H,25,28)(H2,24,26,29)/t19-,20+/m0/s1. The van der Waals surface area contributed by atoms with Crippen LogP contribution in [0.5, 0.6) is 0 Å². The minimum Gasteiger partial charge on any atom is -0.469 e. The lowest BCUT2D eigenvalue weighted by Crippen LogP contribution is -2.36. The highest BCUT2D eigenvalue weighted by Gasteiger charge is 2.31. The fourth-order valence-corrected chi connectivity index (χ4v) is 3.57. The normalized spacial score (nSPS) is 17.3.